The molecule has 0 amide bonds. The molecule has 0 spiro atoms. The van der Waals surface area contributed by atoms with Crippen LogP contribution in [0.3, 0.4) is 0 Å². The van der Waals surface area contributed by atoms with Crippen molar-refractivity contribution in [3.63, 3.8) is 0 Å². The zero-order chi connectivity index (χ0) is 16.2. The molecule has 1 aliphatic rings. The van der Waals surface area contributed by atoms with Crippen molar-refractivity contribution in [1.82, 2.24) is 9.97 Å². The van der Waals surface area contributed by atoms with Crippen molar-refractivity contribution in [2.45, 2.75) is 32.8 Å². The molecule has 3 rings (SSSR count). The van der Waals surface area contributed by atoms with E-state index in [0.717, 1.165) is 49.8 Å². The lowest BCUT2D eigenvalue weighted by molar-refractivity contribution is 0.286. The number of hydrogen-bond acceptors (Lipinski definition) is 4. The van der Waals surface area contributed by atoms with E-state index in [4.69, 9.17) is 4.74 Å². The molecule has 23 heavy (non-hydrogen) atoms. The predicted octanol–water partition coefficient (Wildman–Crippen LogP) is 3.63. The third kappa shape index (κ3) is 3.94. The number of benzene rings is 1. The Balaban J connectivity index is 1.74. The van der Waals surface area contributed by atoms with Gasteiger partial charge >= 0.3 is 0 Å². The van der Waals surface area contributed by atoms with Crippen molar-refractivity contribution in [2.24, 2.45) is 0 Å². The van der Waals surface area contributed by atoms with Crippen LogP contribution in [-0.4, -0.2) is 23.1 Å². The van der Waals surface area contributed by atoms with Gasteiger partial charge in [0, 0.05) is 30.4 Å². The van der Waals surface area contributed by atoms with E-state index in [2.05, 4.69) is 14.9 Å². The van der Waals surface area contributed by atoms with E-state index in [0.29, 0.717) is 11.8 Å². The Morgan fingerprint density at radius 3 is 2.65 bits per heavy atom. The van der Waals surface area contributed by atoms with Crippen LogP contribution in [0.15, 0.2) is 24.3 Å². The van der Waals surface area contributed by atoms with Crippen LogP contribution in [0.25, 0.3) is 0 Å². The summed E-state index contributed by atoms with van der Waals surface area (Å²) in [4.78, 5) is 11.0. The van der Waals surface area contributed by atoms with Gasteiger partial charge in [-0.3, -0.25) is 0 Å². The van der Waals surface area contributed by atoms with Gasteiger partial charge < -0.3 is 9.64 Å². The first-order chi connectivity index (χ1) is 11.1. The second kappa shape index (κ2) is 6.89. The molecule has 1 aromatic heterocycles. The first-order valence-corrected chi connectivity index (χ1v) is 7.79. The second-order valence-electron chi connectivity index (χ2n) is 5.72. The highest BCUT2D eigenvalue weighted by Gasteiger charge is 2.15. The van der Waals surface area contributed by atoms with Crippen molar-refractivity contribution < 1.29 is 13.5 Å². The maximum absolute atomic E-state index is 13.6. The number of ether oxygens (including phenoxy) is 1. The van der Waals surface area contributed by atoms with Gasteiger partial charge in [0.2, 0.25) is 11.8 Å². The summed E-state index contributed by atoms with van der Waals surface area (Å²) in [6, 6.07) is 5.01. The smallest absolute Gasteiger partial charge is 0.228 e. The molecule has 0 saturated carbocycles. The topological polar surface area (TPSA) is 38.2 Å². The van der Waals surface area contributed by atoms with Crippen molar-refractivity contribution in [3.05, 3.63) is 47.2 Å². The molecule has 1 saturated heterocycles. The fourth-order valence-corrected chi connectivity index (χ4v) is 2.64. The van der Waals surface area contributed by atoms with Gasteiger partial charge in [-0.1, -0.05) is 0 Å². The van der Waals surface area contributed by atoms with E-state index >= 15 is 0 Å². The minimum atomic E-state index is -0.492. The van der Waals surface area contributed by atoms with E-state index < -0.39 is 11.6 Å². The van der Waals surface area contributed by atoms with Gasteiger partial charge in [0.25, 0.3) is 0 Å². The summed E-state index contributed by atoms with van der Waals surface area (Å²) in [6.45, 7) is 3.66. The lowest BCUT2D eigenvalue weighted by Gasteiger charge is -2.27. The zero-order valence-corrected chi connectivity index (χ0v) is 13.1. The van der Waals surface area contributed by atoms with Crippen LogP contribution in [0, 0.1) is 18.6 Å². The predicted molar refractivity (Wildman–Crippen MR) is 83.5 cm³/mol. The average Bonchev–Trinajstić information content (AvgIpc) is 2.56. The average molecular weight is 319 g/mol. The van der Waals surface area contributed by atoms with Gasteiger partial charge in [0.1, 0.15) is 18.2 Å². The number of aryl methyl sites for hydroxylation is 1. The van der Waals surface area contributed by atoms with Crippen LogP contribution in [-0.2, 0) is 6.61 Å². The number of rotatable bonds is 4. The van der Waals surface area contributed by atoms with Crippen molar-refractivity contribution in [2.75, 3.05) is 18.0 Å². The Labute approximate surface area is 134 Å². The Morgan fingerprint density at radius 2 is 1.87 bits per heavy atom. The first-order valence-electron chi connectivity index (χ1n) is 7.79. The van der Waals surface area contributed by atoms with Crippen LogP contribution in [0.1, 0.15) is 30.5 Å². The number of nitrogens with zero attached hydrogens (tertiary/aromatic N) is 3. The van der Waals surface area contributed by atoms with E-state index in [1.54, 1.807) is 6.07 Å². The normalized spacial score (nSPS) is 14.8. The Morgan fingerprint density at radius 1 is 1.09 bits per heavy atom. The molecule has 0 atom stereocenters. The molecule has 1 aromatic carbocycles. The largest absolute Gasteiger partial charge is 0.473 e. The third-order valence-electron chi connectivity index (χ3n) is 3.84. The Bertz CT molecular complexity index is 688. The summed E-state index contributed by atoms with van der Waals surface area (Å²) in [6.07, 6.45) is 3.48. The molecule has 2 heterocycles. The van der Waals surface area contributed by atoms with E-state index in [9.17, 15) is 8.78 Å². The molecule has 0 bridgehead atoms. The molecule has 0 radical (unpaired) electrons. The molecule has 1 fully saturated rings. The second-order valence-corrected chi connectivity index (χ2v) is 5.72. The minimum absolute atomic E-state index is 0.0700. The summed E-state index contributed by atoms with van der Waals surface area (Å²) in [5, 5.41) is 0. The molecule has 1 aliphatic heterocycles. The fourth-order valence-electron chi connectivity index (χ4n) is 2.64. The number of halogens is 2. The molecule has 6 heteroatoms. The molecular formula is C17H19F2N3O. The quantitative estimate of drug-likeness (QED) is 0.862. The van der Waals surface area contributed by atoms with Gasteiger partial charge in [0.05, 0.1) is 0 Å². The van der Waals surface area contributed by atoms with Crippen LogP contribution >= 0.6 is 0 Å². The van der Waals surface area contributed by atoms with E-state index in [-0.39, 0.29) is 12.2 Å². The summed E-state index contributed by atoms with van der Waals surface area (Å²) < 4.78 is 32.4. The van der Waals surface area contributed by atoms with Crippen LogP contribution < -0.4 is 9.64 Å². The summed E-state index contributed by atoms with van der Waals surface area (Å²) >= 11 is 0. The third-order valence-corrected chi connectivity index (χ3v) is 3.84. The maximum Gasteiger partial charge on any atom is 0.228 e. The number of piperidine rings is 1. The highest BCUT2D eigenvalue weighted by atomic mass is 19.1. The highest BCUT2D eigenvalue weighted by Crippen LogP contribution is 2.20. The Kier molecular flexibility index (Phi) is 4.69. The molecule has 0 N–H and O–H groups in total. The molecular weight excluding hydrogens is 300 g/mol. The molecule has 0 aliphatic carbocycles. The minimum Gasteiger partial charge on any atom is -0.473 e. The maximum atomic E-state index is 13.6. The highest BCUT2D eigenvalue weighted by molar-refractivity contribution is 5.34. The van der Waals surface area contributed by atoms with Gasteiger partial charge in [0.15, 0.2) is 0 Å². The first kappa shape index (κ1) is 15.6. The summed E-state index contributed by atoms with van der Waals surface area (Å²) in [5.74, 6) is 0.0347. The lowest BCUT2D eigenvalue weighted by atomic mass is 10.1. The summed E-state index contributed by atoms with van der Waals surface area (Å²) in [7, 11) is 0. The van der Waals surface area contributed by atoms with Crippen LogP contribution in [0.2, 0.25) is 0 Å². The van der Waals surface area contributed by atoms with Gasteiger partial charge in [-0.05, 0) is 44.4 Å². The van der Waals surface area contributed by atoms with Gasteiger partial charge in [-0.2, -0.15) is 4.98 Å². The summed E-state index contributed by atoms with van der Waals surface area (Å²) in [5.41, 5.74) is 0.955. The molecule has 0 unspecified atom stereocenters. The zero-order valence-electron chi connectivity index (χ0n) is 13.1. The monoisotopic (exact) mass is 319 g/mol. The standard InChI is InChI=1S/C17H19F2N3O/c1-12-9-16(21-17(20-12)22-7-3-2-4-8-22)23-11-13-10-14(18)5-6-15(13)19/h5-6,9-10H,2-4,7-8,11H2,1H3. The van der Waals surface area contributed by atoms with Gasteiger partial charge in [-0.25, -0.2) is 13.8 Å². The van der Waals surface area contributed by atoms with E-state index in [1.165, 1.54) is 6.42 Å². The fraction of sp³-hybridized carbons (Fsp3) is 0.412. The van der Waals surface area contributed by atoms with Crippen molar-refractivity contribution in [3.8, 4) is 5.88 Å². The Hall–Kier alpha value is -2.24. The SMILES string of the molecule is Cc1cc(OCc2cc(F)ccc2F)nc(N2CCCCC2)n1. The molecule has 2 aromatic rings. The van der Waals surface area contributed by atoms with Crippen molar-refractivity contribution in [1.29, 1.82) is 0 Å². The number of aromatic nitrogens is 2. The molecule has 4 nitrogen and oxygen atoms in total. The van der Waals surface area contributed by atoms with E-state index in [1.807, 2.05) is 6.92 Å². The van der Waals surface area contributed by atoms with Crippen molar-refractivity contribution >= 4 is 5.95 Å². The lowest BCUT2D eigenvalue weighted by Crippen LogP contribution is -2.31. The van der Waals surface area contributed by atoms with Gasteiger partial charge in [-0.15, -0.1) is 0 Å². The number of hydrogen-bond donors (Lipinski definition) is 0. The molecule has 122 valence electrons. The van der Waals surface area contributed by atoms with Crippen LogP contribution in [0.4, 0.5) is 14.7 Å². The van der Waals surface area contributed by atoms with Crippen LogP contribution in [0.5, 0.6) is 5.88 Å². The number of anilines is 1.